The predicted molar refractivity (Wildman–Crippen MR) is 75.2 cm³/mol. The van der Waals surface area contributed by atoms with Crippen LogP contribution in [0.4, 0.5) is 0 Å². The van der Waals surface area contributed by atoms with Crippen molar-refractivity contribution < 1.29 is 9.26 Å². The zero-order valence-corrected chi connectivity index (χ0v) is 11.6. The second kappa shape index (κ2) is 5.25. The third kappa shape index (κ3) is 2.41. The number of hydrogen-bond donors (Lipinski definition) is 1. The molecule has 0 radical (unpaired) electrons. The summed E-state index contributed by atoms with van der Waals surface area (Å²) < 4.78 is 10.5. The molecule has 2 aromatic rings. The number of nitrogens with zero attached hydrogens (tertiary/aromatic N) is 2. The molecule has 106 valence electrons. The Morgan fingerprint density at radius 1 is 1.15 bits per heavy atom. The summed E-state index contributed by atoms with van der Waals surface area (Å²) in [6, 6.07) is 7.59. The van der Waals surface area contributed by atoms with Gasteiger partial charge in [-0.2, -0.15) is 4.98 Å². The van der Waals surface area contributed by atoms with Gasteiger partial charge in [-0.05, 0) is 37.1 Å². The maximum atomic E-state index is 6.40. The number of benzene rings is 1. The quantitative estimate of drug-likeness (QED) is 0.930. The highest BCUT2D eigenvalue weighted by atomic mass is 16.5. The molecule has 0 unspecified atom stereocenters. The van der Waals surface area contributed by atoms with Crippen LogP contribution in [-0.4, -0.2) is 17.3 Å². The number of methoxy groups -OCH3 is 1. The molecule has 0 bridgehead atoms. The molecule has 0 aliphatic heterocycles. The molecule has 0 amide bonds. The fraction of sp³-hybridized carbons (Fsp3) is 0.467. The first-order valence-corrected chi connectivity index (χ1v) is 6.99. The van der Waals surface area contributed by atoms with E-state index in [1.165, 1.54) is 6.42 Å². The molecule has 0 spiro atoms. The summed E-state index contributed by atoms with van der Waals surface area (Å²) in [5.74, 6) is 1.95. The summed E-state index contributed by atoms with van der Waals surface area (Å²) in [4.78, 5) is 4.49. The summed E-state index contributed by atoms with van der Waals surface area (Å²) in [6.07, 6.45) is 5.31. The minimum Gasteiger partial charge on any atom is -0.497 e. The Hall–Kier alpha value is -1.88. The van der Waals surface area contributed by atoms with E-state index in [0.29, 0.717) is 11.7 Å². The van der Waals surface area contributed by atoms with E-state index < -0.39 is 5.54 Å². The van der Waals surface area contributed by atoms with E-state index in [2.05, 4.69) is 10.1 Å². The van der Waals surface area contributed by atoms with Crippen LogP contribution in [0, 0.1) is 0 Å². The van der Waals surface area contributed by atoms with E-state index in [1.807, 2.05) is 24.3 Å². The summed E-state index contributed by atoms with van der Waals surface area (Å²) in [7, 11) is 1.64. The van der Waals surface area contributed by atoms with Crippen LogP contribution in [-0.2, 0) is 5.54 Å². The van der Waals surface area contributed by atoms with Crippen LogP contribution in [0.2, 0.25) is 0 Å². The van der Waals surface area contributed by atoms with Gasteiger partial charge in [0.15, 0.2) is 0 Å². The topological polar surface area (TPSA) is 74.2 Å². The van der Waals surface area contributed by atoms with E-state index in [1.54, 1.807) is 7.11 Å². The predicted octanol–water partition coefficient (Wildman–Crippen LogP) is 2.86. The molecule has 1 aromatic heterocycles. The summed E-state index contributed by atoms with van der Waals surface area (Å²) in [6.45, 7) is 0. The lowest BCUT2D eigenvalue weighted by Crippen LogP contribution is -2.38. The van der Waals surface area contributed by atoms with Gasteiger partial charge in [0.2, 0.25) is 11.7 Å². The number of ether oxygens (including phenoxy) is 1. The lowest BCUT2D eigenvalue weighted by molar-refractivity contribution is 0.220. The van der Waals surface area contributed by atoms with E-state index in [0.717, 1.165) is 37.0 Å². The monoisotopic (exact) mass is 273 g/mol. The largest absolute Gasteiger partial charge is 0.497 e. The highest BCUT2D eigenvalue weighted by Gasteiger charge is 2.35. The standard InChI is InChI=1S/C15H19N3O2/c1-19-12-7-5-11(6-8-12)13-17-14(20-18-13)15(16)9-3-2-4-10-15/h5-8H,2-4,9-10,16H2,1H3. The zero-order valence-electron chi connectivity index (χ0n) is 11.6. The molecule has 1 aromatic carbocycles. The van der Waals surface area contributed by atoms with Crippen LogP contribution in [0.3, 0.4) is 0 Å². The molecule has 1 saturated carbocycles. The lowest BCUT2D eigenvalue weighted by atomic mass is 9.82. The molecule has 1 aliphatic rings. The SMILES string of the molecule is COc1ccc(-c2noc(C3(N)CCCCC3)n2)cc1. The van der Waals surface area contributed by atoms with Crippen molar-refractivity contribution in [3.63, 3.8) is 0 Å². The van der Waals surface area contributed by atoms with E-state index in [4.69, 9.17) is 15.0 Å². The number of nitrogens with two attached hydrogens (primary N) is 1. The first kappa shape index (κ1) is 13.1. The molecular formula is C15H19N3O2. The molecule has 5 nitrogen and oxygen atoms in total. The van der Waals surface area contributed by atoms with E-state index >= 15 is 0 Å². The van der Waals surface area contributed by atoms with Crippen molar-refractivity contribution in [1.29, 1.82) is 0 Å². The second-order valence-electron chi connectivity index (χ2n) is 5.37. The third-order valence-corrected chi connectivity index (χ3v) is 3.95. The Bertz CT molecular complexity index is 571. The molecular weight excluding hydrogens is 254 g/mol. The Labute approximate surface area is 118 Å². The van der Waals surface area contributed by atoms with Gasteiger partial charge in [-0.3, -0.25) is 0 Å². The highest BCUT2D eigenvalue weighted by molar-refractivity contribution is 5.55. The minimum atomic E-state index is -0.448. The van der Waals surface area contributed by atoms with Crippen LogP contribution in [0.15, 0.2) is 28.8 Å². The van der Waals surface area contributed by atoms with E-state index in [-0.39, 0.29) is 0 Å². The van der Waals surface area contributed by atoms with Gasteiger partial charge in [0.1, 0.15) is 5.75 Å². The van der Waals surface area contributed by atoms with Crippen molar-refractivity contribution in [2.45, 2.75) is 37.6 Å². The van der Waals surface area contributed by atoms with Crippen LogP contribution >= 0.6 is 0 Å². The molecule has 2 N–H and O–H groups in total. The summed E-state index contributed by atoms with van der Waals surface area (Å²) in [5, 5.41) is 4.06. The first-order chi connectivity index (χ1) is 9.71. The maximum absolute atomic E-state index is 6.40. The molecule has 20 heavy (non-hydrogen) atoms. The van der Waals surface area contributed by atoms with Crippen LogP contribution < -0.4 is 10.5 Å². The van der Waals surface area contributed by atoms with Gasteiger partial charge in [-0.25, -0.2) is 0 Å². The van der Waals surface area contributed by atoms with Gasteiger partial charge >= 0.3 is 0 Å². The Morgan fingerprint density at radius 3 is 2.50 bits per heavy atom. The highest BCUT2D eigenvalue weighted by Crippen LogP contribution is 2.34. The summed E-state index contributed by atoms with van der Waals surface area (Å²) in [5.41, 5.74) is 6.86. The Balaban J connectivity index is 1.85. The fourth-order valence-corrected chi connectivity index (χ4v) is 2.68. The van der Waals surface area contributed by atoms with E-state index in [9.17, 15) is 0 Å². The molecule has 3 rings (SSSR count). The average molecular weight is 273 g/mol. The second-order valence-corrected chi connectivity index (χ2v) is 5.37. The van der Waals surface area contributed by atoms with Crippen LogP contribution in [0.5, 0.6) is 5.75 Å². The third-order valence-electron chi connectivity index (χ3n) is 3.95. The van der Waals surface area contributed by atoms with Gasteiger partial charge in [0.05, 0.1) is 12.6 Å². The normalized spacial score (nSPS) is 17.9. The van der Waals surface area contributed by atoms with Gasteiger partial charge in [0, 0.05) is 5.56 Å². The number of hydrogen-bond acceptors (Lipinski definition) is 5. The smallest absolute Gasteiger partial charge is 0.247 e. The average Bonchev–Trinajstić information content (AvgIpc) is 2.99. The van der Waals surface area contributed by atoms with Gasteiger partial charge in [0.25, 0.3) is 0 Å². The minimum absolute atomic E-state index is 0.448. The maximum Gasteiger partial charge on any atom is 0.247 e. The Morgan fingerprint density at radius 2 is 1.85 bits per heavy atom. The first-order valence-electron chi connectivity index (χ1n) is 6.99. The zero-order chi connectivity index (χ0) is 14.0. The van der Waals surface area contributed by atoms with Gasteiger partial charge < -0.3 is 15.0 Å². The number of aromatic nitrogens is 2. The lowest BCUT2D eigenvalue weighted by Gasteiger charge is -2.29. The molecule has 0 saturated heterocycles. The molecule has 0 atom stereocenters. The van der Waals surface area contributed by atoms with Crippen molar-refractivity contribution >= 4 is 0 Å². The molecule has 1 aliphatic carbocycles. The van der Waals surface area contributed by atoms with Crippen molar-refractivity contribution in [3.05, 3.63) is 30.2 Å². The van der Waals surface area contributed by atoms with Crippen molar-refractivity contribution in [3.8, 4) is 17.1 Å². The molecule has 5 heteroatoms. The van der Waals surface area contributed by atoms with Crippen molar-refractivity contribution in [1.82, 2.24) is 10.1 Å². The number of rotatable bonds is 3. The summed E-state index contributed by atoms with van der Waals surface area (Å²) >= 11 is 0. The van der Waals surface area contributed by atoms with Crippen LogP contribution in [0.1, 0.15) is 38.0 Å². The molecule has 1 fully saturated rings. The van der Waals surface area contributed by atoms with Gasteiger partial charge in [-0.1, -0.05) is 24.4 Å². The molecule has 1 heterocycles. The van der Waals surface area contributed by atoms with Crippen LogP contribution in [0.25, 0.3) is 11.4 Å². The van der Waals surface area contributed by atoms with Crippen molar-refractivity contribution in [2.24, 2.45) is 5.73 Å². The van der Waals surface area contributed by atoms with Gasteiger partial charge in [-0.15, -0.1) is 0 Å². The fourth-order valence-electron chi connectivity index (χ4n) is 2.68. The Kier molecular flexibility index (Phi) is 3.44. The van der Waals surface area contributed by atoms with Crippen molar-refractivity contribution in [2.75, 3.05) is 7.11 Å².